The summed E-state index contributed by atoms with van der Waals surface area (Å²) in [6.45, 7) is 4.66. The van der Waals surface area contributed by atoms with Crippen LogP contribution in [0.1, 0.15) is 36.7 Å². The highest BCUT2D eigenvalue weighted by atomic mass is 16.2. The fourth-order valence-electron chi connectivity index (χ4n) is 3.06. The molecule has 1 aromatic carbocycles. The molecule has 1 fully saturated rings. The number of hydrogen-bond acceptors (Lipinski definition) is 2. The zero-order valence-electron chi connectivity index (χ0n) is 12.6. The molecule has 0 spiro atoms. The Morgan fingerprint density at radius 1 is 1.33 bits per heavy atom. The lowest BCUT2D eigenvalue weighted by Crippen LogP contribution is -2.45. The normalized spacial score (nSPS) is 18.8. The fraction of sp³-hybridized carbons (Fsp3) is 0.471. The number of amides is 1. The number of benzene rings is 1. The first-order valence-electron chi connectivity index (χ1n) is 7.88. The fourth-order valence-corrected chi connectivity index (χ4v) is 3.06. The van der Waals surface area contributed by atoms with Crippen LogP contribution < -0.4 is 5.32 Å². The van der Waals surface area contributed by atoms with Crippen molar-refractivity contribution in [2.75, 3.05) is 19.6 Å². The van der Waals surface area contributed by atoms with Gasteiger partial charge in [0.15, 0.2) is 0 Å². The second kappa shape index (κ2) is 6.31. The molecule has 4 nitrogen and oxygen atoms in total. The second-order valence-corrected chi connectivity index (χ2v) is 5.76. The van der Waals surface area contributed by atoms with Gasteiger partial charge in [0.05, 0.1) is 0 Å². The Balaban J connectivity index is 1.74. The number of fused-ring (bicyclic) bond motifs is 1. The predicted octanol–water partition coefficient (Wildman–Crippen LogP) is 2.77. The van der Waals surface area contributed by atoms with E-state index in [-0.39, 0.29) is 5.91 Å². The number of piperidine rings is 1. The molecule has 0 bridgehead atoms. The average Bonchev–Trinajstić information content (AvgIpc) is 2.97. The van der Waals surface area contributed by atoms with Gasteiger partial charge in [-0.3, -0.25) is 4.79 Å². The van der Waals surface area contributed by atoms with Crippen molar-refractivity contribution < 1.29 is 4.79 Å². The number of nitrogens with zero attached hydrogens (tertiary/aromatic N) is 1. The summed E-state index contributed by atoms with van der Waals surface area (Å²) >= 11 is 0. The molecule has 0 aliphatic carbocycles. The minimum absolute atomic E-state index is 0.0982. The topological polar surface area (TPSA) is 48.1 Å². The number of aromatic amines is 1. The Bertz CT molecular complexity index is 580. The quantitative estimate of drug-likeness (QED) is 0.907. The molecule has 1 aromatic heterocycles. The Labute approximate surface area is 125 Å². The molecule has 2 N–H and O–H groups in total. The number of carbonyl (C=O) groups excluding carboxylic acids is 1. The van der Waals surface area contributed by atoms with Gasteiger partial charge < -0.3 is 15.2 Å². The number of H-pyrrole nitrogens is 1. The molecule has 2 heterocycles. The lowest BCUT2D eigenvalue weighted by atomic mass is 10.0. The number of nitrogens with one attached hydrogen (secondary N) is 2. The van der Waals surface area contributed by atoms with Crippen molar-refractivity contribution in [3.63, 3.8) is 0 Å². The smallest absolute Gasteiger partial charge is 0.270 e. The van der Waals surface area contributed by atoms with E-state index in [9.17, 15) is 4.79 Å². The third kappa shape index (κ3) is 3.10. The molecule has 2 aromatic rings. The van der Waals surface area contributed by atoms with E-state index in [1.807, 2.05) is 42.2 Å². The largest absolute Gasteiger partial charge is 0.351 e. The Morgan fingerprint density at radius 2 is 2.19 bits per heavy atom. The van der Waals surface area contributed by atoms with Crippen LogP contribution >= 0.6 is 0 Å². The van der Waals surface area contributed by atoms with Gasteiger partial charge in [0.25, 0.3) is 5.91 Å². The van der Waals surface area contributed by atoms with Crippen LogP contribution in [0.15, 0.2) is 30.3 Å². The van der Waals surface area contributed by atoms with Crippen molar-refractivity contribution in [1.29, 1.82) is 0 Å². The second-order valence-electron chi connectivity index (χ2n) is 5.76. The Hall–Kier alpha value is -1.81. The standard InChI is InChI=1S/C17H23N3O/c1-2-20(12-14-8-5-6-10-18-14)17(21)16-11-13-7-3-4-9-15(13)19-16/h3-4,7,9,11,14,18-19H,2,5-6,8,10,12H2,1H3. The number of rotatable bonds is 4. The predicted molar refractivity (Wildman–Crippen MR) is 85.5 cm³/mol. The van der Waals surface area contributed by atoms with Crippen LogP contribution in [0.2, 0.25) is 0 Å². The summed E-state index contributed by atoms with van der Waals surface area (Å²) in [6, 6.07) is 10.4. The number of likely N-dealkylation sites (N-methyl/N-ethyl adjacent to an activating group) is 1. The van der Waals surface area contributed by atoms with Gasteiger partial charge in [0.1, 0.15) is 5.69 Å². The average molecular weight is 285 g/mol. The highest BCUT2D eigenvalue weighted by Gasteiger charge is 2.21. The zero-order valence-corrected chi connectivity index (χ0v) is 12.6. The lowest BCUT2D eigenvalue weighted by molar-refractivity contribution is 0.0736. The zero-order chi connectivity index (χ0) is 14.7. The van der Waals surface area contributed by atoms with E-state index in [1.54, 1.807) is 0 Å². The van der Waals surface area contributed by atoms with Gasteiger partial charge in [-0.15, -0.1) is 0 Å². The first kappa shape index (κ1) is 14.1. The number of aromatic nitrogens is 1. The maximum atomic E-state index is 12.7. The maximum Gasteiger partial charge on any atom is 0.270 e. The minimum Gasteiger partial charge on any atom is -0.351 e. The van der Waals surface area contributed by atoms with Gasteiger partial charge in [-0.05, 0) is 38.4 Å². The SMILES string of the molecule is CCN(CC1CCCCN1)C(=O)c1cc2ccccc2[nH]1. The number of para-hydroxylation sites is 1. The third-order valence-corrected chi connectivity index (χ3v) is 4.28. The van der Waals surface area contributed by atoms with Crippen LogP contribution in [-0.4, -0.2) is 41.5 Å². The van der Waals surface area contributed by atoms with Crippen LogP contribution in [0.3, 0.4) is 0 Å². The molecule has 1 atom stereocenters. The van der Waals surface area contributed by atoms with Gasteiger partial charge in [-0.25, -0.2) is 0 Å². The summed E-state index contributed by atoms with van der Waals surface area (Å²) in [5, 5.41) is 4.60. The minimum atomic E-state index is 0.0982. The molecule has 112 valence electrons. The van der Waals surface area contributed by atoms with Crippen LogP contribution in [0.25, 0.3) is 10.9 Å². The van der Waals surface area contributed by atoms with E-state index in [0.717, 1.165) is 37.0 Å². The van der Waals surface area contributed by atoms with Crippen molar-refractivity contribution in [3.8, 4) is 0 Å². The van der Waals surface area contributed by atoms with Crippen molar-refractivity contribution >= 4 is 16.8 Å². The first-order chi connectivity index (χ1) is 10.3. The van der Waals surface area contributed by atoms with Gasteiger partial charge in [0, 0.05) is 30.0 Å². The Kier molecular flexibility index (Phi) is 4.25. The van der Waals surface area contributed by atoms with Crippen molar-refractivity contribution in [2.24, 2.45) is 0 Å². The van der Waals surface area contributed by atoms with E-state index in [4.69, 9.17) is 0 Å². The Morgan fingerprint density at radius 3 is 2.90 bits per heavy atom. The summed E-state index contributed by atoms with van der Waals surface area (Å²) < 4.78 is 0. The van der Waals surface area contributed by atoms with Gasteiger partial charge >= 0.3 is 0 Å². The van der Waals surface area contributed by atoms with Crippen molar-refractivity contribution in [3.05, 3.63) is 36.0 Å². The molecule has 4 heteroatoms. The van der Waals surface area contributed by atoms with E-state index >= 15 is 0 Å². The molecular weight excluding hydrogens is 262 g/mol. The summed E-state index contributed by atoms with van der Waals surface area (Å²) in [5.41, 5.74) is 1.71. The molecule has 1 saturated heterocycles. The highest BCUT2D eigenvalue weighted by Crippen LogP contribution is 2.17. The van der Waals surface area contributed by atoms with Gasteiger partial charge in [-0.2, -0.15) is 0 Å². The van der Waals surface area contributed by atoms with Crippen molar-refractivity contribution in [2.45, 2.75) is 32.2 Å². The van der Waals surface area contributed by atoms with Crippen LogP contribution in [0.4, 0.5) is 0 Å². The molecule has 1 aliphatic rings. The monoisotopic (exact) mass is 285 g/mol. The first-order valence-corrected chi connectivity index (χ1v) is 7.88. The van der Waals surface area contributed by atoms with Crippen molar-refractivity contribution in [1.82, 2.24) is 15.2 Å². The van der Waals surface area contributed by atoms with Gasteiger partial charge in [0.2, 0.25) is 0 Å². The molecule has 1 unspecified atom stereocenters. The number of carbonyl (C=O) groups is 1. The molecule has 0 radical (unpaired) electrons. The molecule has 0 saturated carbocycles. The van der Waals surface area contributed by atoms with Crippen LogP contribution in [0.5, 0.6) is 0 Å². The van der Waals surface area contributed by atoms with E-state index in [1.165, 1.54) is 12.8 Å². The number of hydrogen-bond donors (Lipinski definition) is 2. The highest BCUT2D eigenvalue weighted by molar-refractivity contribution is 5.98. The van der Waals surface area contributed by atoms with E-state index in [2.05, 4.69) is 10.3 Å². The van der Waals surface area contributed by atoms with E-state index < -0.39 is 0 Å². The molecule has 1 aliphatic heterocycles. The molecule has 1 amide bonds. The molecular formula is C17H23N3O. The molecule has 21 heavy (non-hydrogen) atoms. The van der Waals surface area contributed by atoms with Crippen LogP contribution in [0, 0.1) is 0 Å². The van der Waals surface area contributed by atoms with Crippen LogP contribution in [-0.2, 0) is 0 Å². The summed E-state index contributed by atoms with van der Waals surface area (Å²) in [5.74, 6) is 0.0982. The maximum absolute atomic E-state index is 12.7. The lowest BCUT2D eigenvalue weighted by Gasteiger charge is -2.29. The summed E-state index contributed by atoms with van der Waals surface area (Å²) in [6.07, 6.45) is 3.67. The summed E-state index contributed by atoms with van der Waals surface area (Å²) in [4.78, 5) is 17.9. The third-order valence-electron chi connectivity index (χ3n) is 4.28. The van der Waals surface area contributed by atoms with Gasteiger partial charge in [-0.1, -0.05) is 24.6 Å². The van der Waals surface area contributed by atoms with E-state index in [0.29, 0.717) is 11.7 Å². The summed E-state index contributed by atoms with van der Waals surface area (Å²) in [7, 11) is 0. The molecule has 3 rings (SSSR count).